The summed E-state index contributed by atoms with van der Waals surface area (Å²) >= 11 is 0. The number of carbonyl (C=O) groups is 1. The molecule has 1 aromatic rings. The van der Waals surface area contributed by atoms with E-state index in [1.165, 1.54) is 5.56 Å². The molecule has 2 heteroatoms. The van der Waals surface area contributed by atoms with E-state index in [1.54, 1.807) is 0 Å². The van der Waals surface area contributed by atoms with E-state index in [-0.39, 0.29) is 5.92 Å². The molecule has 1 aliphatic carbocycles. The Kier molecular flexibility index (Phi) is 4.41. The molecule has 0 radical (unpaired) electrons. The number of benzene rings is 1. The quantitative estimate of drug-likeness (QED) is 0.896. The van der Waals surface area contributed by atoms with Gasteiger partial charge in [-0.15, -0.1) is 0 Å². The first-order chi connectivity index (χ1) is 9.02. The minimum absolute atomic E-state index is 0.0221. The molecular formula is C17H24O2. The molecule has 0 heterocycles. The van der Waals surface area contributed by atoms with Gasteiger partial charge in [0.1, 0.15) is 5.78 Å². The van der Waals surface area contributed by atoms with Crippen LogP contribution in [0, 0.1) is 5.92 Å². The second kappa shape index (κ2) is 5.87. The Morgan fingerprint density at radius 1 is 1.32 bits per heavy atom. The summed E-state index contributed by atoms with van der Waals surface area (Å²) in [7, 11) is 0. The van der Waals surface area contributed by atoms with Gasteiger partial charge in [-0.05, 0) is 44.1 Å². The summed E-state index contributed by atoms with van der Waals surface area (Å²) in [5, 5.41) is 10.2. The highest BCUT2D eigenvalue weighted by Crippen LogP contribution is 2.38. The van der Waals surface area contributed by atoms with Crippen LogP contribution in [0.2, 0.25) is 0 Å². The maximum atomic E-state index is 12.1. The lowest BCUT2D eigenvalue weighted by atomic mass is 9.73. The van der Waals surface area contributed by atoms with Crippen LogP contribution in [-0.4, -0.2) is 16.5 Å². The number of hydrogen-bond donors (Lipinski definition) is 1. The Bertz CT molecular complexity index is 422. The lowest BCUT2D eigenvalue weighted by Gasteiger charge is -2.33. The Hall–Kier alpha value is -1.15. The van der Waals surface area contributed by atoms with Gasteiger partial charge in [-0.25, -0.2) is 0 Å². The minimum Gasteiger partial charge on any atom is -0.390 e. The molecule has 0 bridgehead atoms. The van der Waals surface area contributed by atoms with E-state index in [4.69, 9.17) is 0 Å². The predicted molar refractivity (Wildman–Crippen MR) is 77.1 cm³/mol. The lowest BCUT2D eigenvalue weighted by Crippen LogP contribution is -2.33. The zero-order chi connectivity index (χ0) is 13.9. The van der Waals surface area contributed by atoms with E-state index in [1.807, 2.05) is 19.9 Å². The van der Waals surface area contributed by atoms with Gasteiger partial charge in [-0.1, -0.05) is 37.3 Å². The van der Waals surface area contributed by atoms with Crippen LogP contribution in [0.25, 0.3) is 0 Å². The van der Waals surface area contributed by atoms with Gasteiger partial charge in [-0.2, -0.15) is 0 Å². The fraction of sp³-hybridized carbons (Fsp3) is 0.588. The van der Waals surface area contributed by atoms with Crippen LogP contribution >= 0.6 is 0 Å². The fourth-order valence-corrected chi connectivity index (χ4v) is 3.01. The molecule has 0 spiro atoms. The Morgan fingerprint density at radius 2 is 2.00 bits per heavy atom. The first-order valence-electron chi connectivity index (χ1n) is 7.32. The zero-order valence-corrected chi connectivity index (χ0v) is 11.9. The van der Waals surface area contributed by atoms with Gasteiger partial charge < -0.3 is 5.11 Å². The van der Waals surface area contributed by atoms with E-state index in [0.29, 0.717) is 31.0 Å². The first-order valence-corrected chi connectivity index (χ1v) is 7.32. The summed E-state index contributed by atoms with van der Waals surface area (Å²) in [6.45, 7) is 3.81. The van der Waals surface area contributed by atoms with Crippen LogP contribution in [0.3, 0.4) is 0 Å². The fourth-order valence-electron chi connectivity index (χ4n) is 3.01. The number of ketones is 1. The molecular weight excluding hydrogens is 236 g/mol. The van der Waals surface area contributed by atoms with Gasteiger partial charge >= 0.3 is 0 Å². The van der Waals surface area contributed by atoms with Gasteiger partial charge in [0, 0.05) is 12.3 Å². The summed E-state index contributed by atoms with van der Waals surface area (Å²) in [5.74, 6) is 0.825. The van der Waals surface area contributed by atoms with Crippen LogP contribution in [0.15, 0.2) is 30.3 Å². The van der Waals surface area contributed by atoms with E-state index in [9.17, 15) is 9.90 Å². The third-order valence-corrected chi connectivity index (χ3v) is 4.48. The van der Waals surface area contributed by atoms with Gasteiger partial charge in [0.15, 0.2) is 0 Å². The van der Waals surface area contributed by atoms with Crippen molar-refractivity contribution in [1.82, 2.24) is 0 Å². The van der Waals surface area contributed by atoms with Crippen LogP contribution in [0.1, 0.15) is 57.4 Å². The Labute approximate surface area is 115 Å². The van der Waals surface area contributed by atoms with E-state index in [2.05, 4.69) is 24.3 Å². The number of aliphatic hydroxyl groups is 1. The second-order valence-electron chi connectivity index (χ2n) is 6.10. The molecule has 0 aliphatic heterocycles. The molecule has 0 saturated heterocycles. The van der Waals surface area contributed by atoms with Crippen molar-refractivity contribution in [2.24, 2.45) is 5.92 Å². The summed E-state index contributed by atoms with van der Waals surface area (Å²) in [4.78, 5) is 12.1. The molecule has 2 rings (SSSR count). The Morgan fingerprint density at radius 3 is 2.63 bits per heavy atom. The molecule has 3 atom stereocenters. The number of rotatable bonds is 4. The topological polar surface area (TPSA) is 37.3 Å². The highest BCUT2D eigenvalue weighted by molar-refractivity contribution is 5.82. The summed E-state index contributed by atoms with van der Waals surface area (Å²) in [5.41, 5.74) is 0.620. The van der Waals surface area contributed by atoms with Crippen LogP contribution in [0.4, 0.5) is 0 Å². The molecule has 1 aliphatic rings. The van der Waals surface area contributed by atoms with Crippen molar-refractivity contribution in [2.75, 3.05) is 0 Å². The molecule has 3 unspecified atom stereocenters. The molecule has 1 saturated carbocycles. The predicted octanol–water partition coefficient (Wildman–Crippen LogP) is 3.69. The van der Waals surface area contributed by atoms with Gasteiger partial charge in [-0.3, -0.25) is 4.79 Å². The van der Waals surface area contributed by atoms with Crippen molar-refractivity contribution in [1.29, 1.82) is 0 Å². The molecule has 19 heavy (non-hydrogen) atoms. The molecule has 1 fully saturated rings. The van der Waals surface area contributed by atoms with Crippen LogP contribution < -0.4 is 0 Å². The van der Waals surface area contributed by atoms with Crippen molar-refractivity contribution in [3.05, 3.63) is 35.9 Å². The summed E-state index contributed by atoms with van der Waals surface area (Å²) in [6, 6.07) is 10.4. The first kappa shape index (κ1) is 14.3. The largest absolute Gasteiger partial charge is 0.390 e. The van der Waals surface area contributed by atoms with Crippen molar-refractivity contribution >= 4 is 5.78 Å². The normalized spacial score (nSPS) is 27.0. The lowest BCUT2D eigenvalue weighted by molar-refractivity contribution is -0.127. The summed E-state index contributed by atoms with van der Waals surface area (Å²) < 4.78 is 0. The monoisotopic (exact) mass is 260 g/mol. The summed E-state index contributed by atoms with van der Waals surface area (Å²) in [6.07, 6.45) is 3.80. The number of carbonyl (C=O) groups excluding carboxylic acids is 1. The SMILES string of the molecule is CCC(C)(O)CC1CC(c2ccccc2)CCC1=O. The molecule has 2 nitrogen and oxygen atoms in total. The zero-order valence-electron chi connectivity index (χ0n) is 11.9. The molecule has 104 valence electrons. The number of hydrogen-bond acceptors (Lipinski definition) is 2. The highest BCUT2D eigenvalue weighted by Gasteiger charge is 2.33. The molecule has 1 aromatic carbocycles. The van der Waals surface area contributed by atoms with Gasteiger partial charge in [0.2, 0.25) is 0 Å². The third kappa shape index (κ3) is 3.66. The average Bonchev–Trinajstić information content (AvgIpc) is 2.42. The number of Topliss-reactive ketones (excluding diaryl/α,β-unsaturated/α-hetero) is 1. The van der Waals surface area contributed by atoms with Gasteiger partial charge in [0.25, 0.3) is 0 Å². The molecule has 0 amide bonds. The van der Waals surface area contributed by atoms with E-state index < -0.39 is 5.60 Å². The smallest absolute Gasteiger partial charge is 0.136 e. The minimum atomic E-state index is -0.709. The van der Waals surface area contributed by atoms with Crippen molar-refractivity contribution < 1.29 is 9.90 Å². The molecule has 1 N–H and O–H groups in total. The molecule has 0 aromatic heterocycles. The van der Waals surface area contributed by atoms with Crippen molar-refractivity contribution in [3.8, 4) is 0 Å². The standard InChI is InChI=1S/C17H24O2/c1-3-17(2,19)12-15-11-14(9-10-16(15)18)13-7-5-4-6-8-13/h4-8,14-15,19H,3,9-12H2,1-2H3. The maximum absolute atomic E-state index is 12.1. The van der Waals surface area contributed by atoms with Crippen molar-refractivity contribution in [3.63, 3.8) is 0 Å². The van der Waals surface area contributed by atoms with Crippen molar-refractivity contribution in [2.45, 2.75) is 57.5 Å². The van der Waals surface area contributed by atoms with Gasteiger partial charge in [0.05, 0.1) is 5.60 Å². The Balaban J connectivity index is 2.06. The average molecular weight is 260 g/mol. The van der Waals surface area contributed by atoms with Crippen LogP contribution in [-0.2, 0) is 4.79 Å². The van der Waals surface area contributed by atoms with E-state index >= 15 is 0 Å². The maximum Gasteiger partial charge on any atom is 0.136 e. The highest BCUT2D eigenvalue weighted by atomic mass is 16.3. The van der Waals surface area contributed by atoms with E-state index in [0.717, 1.165) is 12.8 Å². The van der Waals surface area contributed by atoms with Crippen LogP contribution in [0.5, 0.6) is 0 Å². The second-order valence-corrected chi connectivity index (χ2v) is 6.10. The third-order valence-electron chi connectivity index (χ3n) is 4.48.